The summed E-state index contributed by atoms with van der Waals surface area (Å²) in [6, 6.07) is -1.17. The van der Waals surface area contributed by atoms with E-state index in [2.05, 4.69) is 0 Å². The number of esters is 1. The minimum atomic E-state index is -2.45. The molecule has 3 heterocycles. The molecule has 4 aliphatic rings. The molecule has 3 fully saturated rings. The first-order valence-corrected chi connectivity index (χ1v) is 25.2. The van der Waals surface area contributed by atoms with Crippen LogP contribution in [0.5, 0.6) is 0 Å². The second kappa shape index (κ2) is 27.3. The predicted octanol–water partition coefficient (Wildman–Crippen LogP) is 5.38. The Kier molecular flexibility index (Phi) is 22.9. The average molecular weight is 958 g/mol. The lowest BCUT2D eigenvalue weighted by Crippen LogP contribution is -2.61. The summed E-state index contributed by atoms with van der Waals surface area (Å²) in [6.45, 7) is 11.9. The fourth-order valence-corrected chi connectivity index (χ4v) is 10.7. The van der Waals surface area contributed by atoms with Crippen LogP contribution in [-0.2, 0) is 42.9 Å². The van der Waals surface area contributed by atoms with E-state index in [0.717, 1.165) is 12.0 Å². The number of cyclic esters (lactones) is 1. The van der Waals surface area contributed by atoms with Gasteiger partial charge in [-0.2, -0.15) is 0 Å². The van der Waals surface area contributed by atoms with Crippen molar-refractivity contribution >= 4 is 29.2 Å². The molecule has 0 radical (unpaired) electrons. The van der Waals surface area contributed by atoms with Crippen molar-refractivity contribution < 1.29 is 68.5 Å². The number of Topliss-reactive ketones (excluding diaryl/α,β-unsaturated/α-hetero) is 3. The number of fused-ring (bicyclic) bond motifs is 3. The van der Waals surface area contributed by atoms with Crippen LogP contribution in [-0.4, -0.2) is 142 Å². The third-order valence-corrected chi connectivity index (χ3v) is 15.1. The summed E-state index contributed by atoms with van der Waals surface area (Å²) in [4.78, 5) is 72.0. The van der Waals surface area contributed by atoms with Crippen LogP contribution >= 0.6 is 0 Å². The molecule has 0 aromatic rings. The van der Waals surface area contributed by atoms with E-state index < -0.39 is 84.2 Å². The number of carbonyl (C=O) groups excluding carboxylic acids is 5. The number of aliphatic hydroxyl groups excluding tert-OH is 4. The summed E-state index contributed by atoms with van der Waals surface area (Å²) in [5.41, 5.74) is 1.21. The molecule has 1 unspecified atom stereocenters. The number of rotatable bonds is 9. The highest BCUT2D eigenvalue weighted by atomic mass is 16.6. The summed E-state index contributed by atoms with van der Waals surface area (Å²) in [6.07, 6.45) is 12.8. The third-order valence-electron chi connectivity index (χ3n) is 15.1. The SMILES string of the molecule is CO[C@H]1C[C@@H]2CC[C@@H](C)[C@@](O)(O2)C(=O)C(=O)N2CCCC[C@H]2C(=O)O[C@H]([C@H](C)CC2CC[C@@H](OCCO)[C@H](CO)C2)CC(=O)[C@H](C)/C=C(\C)[C@@H](O)[C@@H](CO)C(=O)[C@H](C)C[C@H](C)/C=C/C=CC=C1C. The summed E-state index contributed by atoms with van der Waals surface area (Å²) < 4.78 is 24.1. The summed E-state index contributed by atoms with van der Waals surface area (Å²) in [5, 5.41) is 53.3. The zero-order valence-electron chi connectivity index (χ0n) is 41.9. The number of piperidine rings is 1. The van der Waals surface area contributed by atoms with Crippen molar-refractivity contribution in [2.75, 3.05) is 40.1 Å². The average Bonchev–Trinajstić information content (AvgIpc) is 3.32. The maximum atomic E-state index is 14.4. The van der Waals surface area contributed by atoms with Crippen LogP contribution in [0.1, 0.15) is 126 Å². The van der Waals surface area contributed by atoms with Gasteiger partial charge in [0, 0.05) is 56.8 Å². The lowest BCUT2D eigenvalue weighted by Gasteiger charge is -2.42. The number of carbonyl (C=O) groups is 5. The Bertz CT molecular complexity index is 1810. The van der Waals surface area contributed by atoms with Crippen molar-refractivity contribution in [1.29, 1.82) is 0 Å². The summed E-state index contributed by atoms with van der Waals surface area (Å²) >= 11 is 0. The zero-order chi connectivity index (χ0) is 50.3. The number of amides is 1. The van der Waals surface area contributed by atoms with Gasteiger partial charge in [0.1, 0.15) is 23.7 Å². The predicted molar refractivity (Wildman–Crippen MR) is 256 cm³/mol. The molecular weight excluding hydrogens is 875 g/mol. The normalized spacial score (nSPS) is 37.9. The van der Waals surface area contributed by atoms with E-state index in [-0.39, 0.29) is 80.5 Å². The van der Waals surface area contributed by atoms with Gasteiger partial charge in [0.2, 0.25) is 5.79 Å². The van der Waals surface area contributed by atoms with Crippen molar-refractivity contribution in [3.63, 3.8) is 0 Å². The van der Waals surface area contributed by atoms with Gasteiger partial charge in [-0.1, -0.05) is 71.1 Å². The highest BCUT2D eigenvalue weighted by molar-refractivity contribution is 6.39. The molecule has 0 aromatic carbocycles. The highest BCUT2D eigenvalue weighted by Gasteiger charge is 2.53. The van der Waals surface area contributed by atoms with Gasteiger partial charge >= 0.3 is 5.97 Å². The number of ether oxygens (including phenoxy) is 4. The molecule has 68 heavy (non-hydrogen) atoms. The Balaban J connectivity index is 1.70. The van der Waals surface area contributed by atoms with E-state index in [4.69, 9.17) is 18.9 Å². The Labute approximate surface area is 404 Å². The molecule has 0 aromatic heterocycles. The van der Waals surface area contributed by atoms with E-state index in [9.17, 15) is 49.5 Å². The molecule has 1 amide bonds. The lowest BCUT2D eigenvalue weighted by molar-refractivity contribution is -0.265. The topological polar surface area (TPSA) is 227 Å². The quantitative estimate of drug-likeness (QED) is 0.111. The monoisotopic (exact) mass is 958 g/mol. The van der Waals surface area contributed by atoms with Crippen LogP contribution < -0.4 is 0 Å². The Hall–Kier alpha value is -3.41. The Morgan fingerprint density at radius 3 is 2.29 bits per heavy atom. The number of hydrogen-bond acceptors (Lipinski definition) is 14. The molecule has 4 rings (SSSR count). The minimum absolute atomic E-state index is 0.0152. The van der Waals surface area contributed by atoms with Gasteiger partial charge in [0.15, 0.2) is 0 Å². The molecule has 2 saturated heterocycles. The van der Waals surface area contributed by atoms with Gasteiger partial charge in [-0.25, -0.2) is 4.79 Å². The van der Waals surface area contributed by atoms with Gasteiger partial charge < -0.3 is 49.4 Å². The smallest absolute Gasteiger partial charge is 0.329 e. The molecule has 3 aliphatic heterocycles. The molecule has 384 valence electrons. The second-order valence-electron chi connectivity index (χ2n) is 20.5. The summed E-state index contributed by atoms with van der Waals surface area (Å²) in [7, 11) is 1.57. The van der Waals surface area contributed by atoms with E-state index in [1.54, 1.807) is 40.9 Å². The summed E-state index contributed by atoms with van der Waals surface area (Å²) in [5.74, 6) is -9.59. The molecule has 15 nitrogen and oxygen atoms in total. The number of ketones is 3. The highest BCUT2D eigenvalue weighted by Crippen LogP contribution is 2.39. The fourth-order valence-electron chi connectivity index (χ4n) is 10.7. The number of methoxy groups -OCH3 is 1. The maximum absolute atomic E-state index is 14.4. The minimum Gasteiger partial charge on any atom is -0.460 e. The van der Waals surface area contributed by atoms with Gasteiger partial charge in [-0.05, 0) is 107 Å². The Morgan fingerprint density at radius 2 is 1.62 bits per heavy atom. The van der Waals surface area contributed by atoms with E-state index in [1.807, 2.05) is 51.2 Å². The molecule has 5 N–H and O–H groups in total. The van der Waals surface area contributed by atoms with Crippen molar-refractivity contribution in [2.24, 2.45) is 47.3 Å². The second-order valence-corrected chi connectivity index (χ2v) is 20.5. The number of aliphatic hydroxyl groups is 5. The van der Waals surface area contributed by atoms with Gasteiger partial charge in [0.05, 0.1) is 50.2 Å². The largest absolute Gasteiger partial charge is 0.460 e. The molecule has 2 bridgehead atoms. The molecule has 1 aliphatic carbocycles. The first-order valence-electron chi connectivity index (χ1n) is 25.2. The first kappa shape index (κ1) is 57.2. The van der Waals surface area contributed by atoms with Crippen LogP contribution in [0.15, 0.2) is 47.6 Å². The van der Waals surface area contributed by atoms with Crippen LogP contribution in [0.25, 0.3) is 0 Å². The number of allylic oxidation sites excluding steroid dienone is 6. The molecule has 1 saturated carbocycles. The van der Waals surface area contributed by atoms with Crippen LogP contribution in [0.4, 0.5) is 0 Å². The molecular formula is C53H83NO14. The molecule has 15 heteroatoms. The Morgan fingerprint density at radius 1 is 0.882 bits per heavy atom. The molecule has 0 spiro atoms. The first-order chi connectivity index (χ1) is 32.3. The van der Waals surface area contributed by atoms with Gasteiger partial charge in [-0.15, -0.1) is 0 Å². The van der Waals surface area contributed by atoms with Gasteiger partial charge in [0.25, 0.3) is 11.7 Å². The van der Waals surface area contributed by atoms with Crippen LogP contribution in [0, 0.1) is 47.3 Å². The van der Waals surface area contributed by atoms with Crippen molar-refractivity contribution in [3.05, 3.63) is 47.6 Å². The zero-order valence-corrected chi connectivity index (χ0v) is 41.9. The van der Waals surface area contributed by atoms with Crippen molar-refractivity contribution in [2.45, 2.75) is 168 Å². The van der Waals surface area contributed by atoms with E-state index in [1.165, 1.54) is 4.90 Å². The molecule has 15 atom stereocenters. The third kappa shape index (κ3) is 15.3. The number of hydrogen-bond donors (Lipinski definition) is 5. The standard InChI is InChI=1S/C53H83NO14/c1-32-14-10-9-11-15-33(2)46(65-8)28-41-19-17-38(7)53(64,68-41)50(61)51(62)54-21-13-12-16-43(54)52(63)67-47(35(4)26-39-18-20-45(66-23-22-55)40(27-39)30-56)29-44(58)34(3)25-37(6)49(60)42(31-57)48(59)36(5)24-32/h9-11,14-15,25,32,34-36,38-43,45-47,49,55-57,60,64H,12-13,16-24,26-31H2,1-8H3/b11-9?,14-10+,33-15?,37-25+/t32-,34-,35-,36-,38-,39?,40+,41+,42+,43+,45-,46+,47+,49-,53-/m1/s1. The van der Waals surface area contributed by atoms with Gasteiger partial charge in [-0.3, -0.25) is 19.2 Å². The maximum Gasteiger partial charge on any atom is 0.329 e. The van der Waals surface area contributed by atoms with Crippen LogP contribution in [0.2, 0.25) is 0 Å². The lowest BCUT2D eigenvalue weighted by atomic mass is 9.75. The van der Waals surface area contributed by atoms with Crippen molar-refractivity contribution in [3.8, 4) is 0 Å². The number of nitrogens with zero attached hydrogens (tertiary/aromatic N) is 1. The van der Waals surface area contributed by atoms with E-state index in [0.29, 0.717) is 63.4 Å². The fraction of sp³-hybridized carbons (Fsp3) is 0.755. The van der Waals surface area contributed by atoms with Crippen molar-refractivity contribution in [1.82, 2.24) is 4.90 Å². The van der Waals surface area contributed by atoms with E-state index >= 15 is 0 Å². The van der Waals surface area contributed by atoms with Crippen LogP contribution in [0.3, 0.4) is 0 Å².